The Kier molecular flexibility index (Phi) is 9.89. The fourth-order valence-electron chi connectivity index (χ4n) is 7.89. The average molecular weight is 684 g/mol. The van der Waals surface area contributed by atoms with Crippen molar-refractivity contribution in [1.82, 2.24) is 25.0 Å². The van der Waals surface area contributed by atoms with E-state index in [2.05, 4.69) is 42.8 Å². The van der Waals surface area contributed by atoms with Crippen molar-refractivity contribution in [3.8, 4) is 16.9 Å². The number of nitrogens with zero attached hydrogens (tertiary/aromatic N) is 4. The summed E-state index contributed by atoms with van der Waals surface area (Å²) in [5, 5.41) is 13.1. The van der Waals surface area contributed by atoms with Gasteiger partial charge in [-0.25, -0.2) is 4.39 Å². The number of anilines is 2. The number of nitrogens with one attached hydrogen (secondary N) is 3. The molecule has 3 N–H and O–H groups in total. The van der Waals surface area contributed by atoms with Crippen molar-refractivity contribution in [2.45, 2.75) is 64.0 Å². The van der Waals surface area contributed by atoms with Crippen LogP contribution in [-0.4, -0.2) is 70.8 Å². The lowest BCUT2D eigenvalue weighted by Gasteiger charge is -2.36. The zero-order chi connectivity index (χ0) is 34.8. The van der Waals surface area contributed by atoms with Gasteiger partial charge in [0.2, 0.25) is 11.8 Å². The van der Waals surface area contributed by atoms with E-state index in [0.717, 1.165) is 56.2 Å². The van der Waals surface area contributed by atoms with Crippen LogP contribution in [0.2, 0.25) is 0 Å². The van der Waals surface area contributed by atoms with E-state index in [0.29, 0.717) is 53.1 Å². The maximum absolute atomic E-state index is 15.7. The number of piperidine rings is 3. The molecule has 4 aromatic rings. The molecule has 3 fully saturated rings. The summed E-state index contributed by atoms with van der Waals surface area (Å²) in [5.74, 6) is 1.18. The maximum atomic E-state index is 15.7. The Morgan fingerprint density at radius 3 is 2.34 bits per heavy atom. The highest BCUT2D eigenvalue weighted by Crippen LogP contribution is 2.35. The number of fused-ring (bicyclic) bond motifs is 1. The lowest BCUT2D eigenvalue weighted by atomic mass is 9.85. The third kappa shape index (κ3) is 7.26. The number of rotatable bonds is 10. The minimum Gasteiger partial charge on any atom is -0.496 e. The number of carbonyl (C=O) groups is 2. The van der Waals surface area contributed by atoms with Gasteiger partial charge in [0.05, 0.1) is 13.3 Å². The van der Waals surface area contributed by atoms with E-state index in [1.807, 2.05) is 18.2 Å². The number of aromatic nitrogens is 3. The highest BCUT2D eigenvalue weighted by atomic mass is 19.1. The van der Waals surface area contributed by atoms with E-state index in [1.165, 1.54) is 35.9 Å². The third-order valence-corrected chi connectivity index (χ3v) is 11.0. The maximum Gasteiger partial charge on any atom is 0.276 e. The van der Waals surface area contributed by atoms with E-state index < -0.39 is 0 Å². The number of imide groups is 1. The lowest BCUT2D eigenvalue weighted by molar-refractivity contribution is -0.133. The fourth-order valence-corrected chi connectivity index (χ4v) is 7.89. The van der Waals surface area contributed by atoms with Crippen LogP contribution in [0.15, 0.2) is 53.6 Å². The van der Waals surface area contributed by atoms with Gasteiger partial charge in [-0.15, -0.1) is 0 Å². The van der Waals surface area contributed by atoms with E-state index >= 15 is 4.39 Å². The van der Waals surface area contributed by atoms with Gasteiger partial charge >= 0.3 is 0 Å². The minimum atomic E-state index is -0.374. The number of aryl methyl sites for hydroxylation is 1. The summed E-state index contributed by atoms with van der Waals surface area (Å²) >= 11 is 0. The van der Waals surface area contributed by atoms with Crippen LogP contribution >= 0.6 is 0 Å². The first-order valence-corrected chi connectivity index (χ1v) is 17.8. The topological polar surface area (TPSA) is 125 Å². The Morgan fingerprint density at radius 1 is 0.960 bits per heavy atom. The van der Waals surface area contributed by atoms with Crippen molar-refractivity contribution in [3.05, 3.63) is 70.5 Å². The largest absolute Gasteiger partial charge is 0.496 e. The molecule has 2 amide bonds. The molecule has 0 saturated carbocycles. The molecule has 2 aromatic heterocycles. The van der Waals surface area contributed by atoms with Crippen molar-refractivity contribution in [2.75, 3.05) is 43.5 Å². The van der Waals surface area contributed by atoms with Gasteiger partial charge in [-0.05, 0) is 99.0 Å². The normalized spacial score (nSPS) is 19.6. The number of benzene rings is 2. The number of carbonyl (C=O) groups excluding carboxylic acids is 2. The Labute approximate surface area is 291 Å². The first kappa shape index (κ1) is 33.8. The van der Waals surface area contributed by atoms with Crippen LogP contribution in [0.3, 0.4) is 0 Å². The zero-order valence-electron chi connectivity index (χ0n) is 28.8. The van der Waals surface area contributed by atoms with Crippen molar-refractivity contribution in [2.24, 2.45) is 18.9 Å². The molecule has 0 radical (unpaired) electrons. The second-order valence-electron chi connectivity index (χ2n) is 14.2. The Morgan fingerprint density at radius 2 is 1.66 bits per heavy atom. The van der Waals surface area contributed by atoms with Gasteiger partial charge in [0.15, 0.2) is 0 Å². The molecular weight excluding hydrogens is 637 g/mol. The Bertz CT molecular complexity index is 1910. The summed E-state index contributed by atoms with van der Waals surface area (Å²) < 4.78 is 22.9. The first-order valence-electron chi connectivity index (χ1n) is 17.8. The zero-order valence-corrected chi connectivity index (χ0v) is 28.8. The third-order valence-electron chi connectivity index (χ3n) is 11.0. The van der Waals surface area contributed by atoms with Gasteiger partial charge in [-0.2, -0.15) is 5.10 Å². The van der Waals surface area contributed by atoms with Crippen LogP contribution in [0.5, 0.6) is 5.75 Å². The molecule has 264 valence electrons. The highest BCUT2D eigenvalue weighted by molar-refractivity contribution is 6.01. The summed E-state index contributed by atoms with van der Waals surface area (Å²) in [6.07, 6.45) is 11.3. The summed E-state index contributed by atoms with van der Waals surface area (Å²) in [7, 11) is 3.25. The molecule has 2 aromatic carbocycles. The summed E-state index contributed by atoms with van der Waals surface area (Å²) in [6, 6.07) is 11.3. The van der Waals surface area contributed by atoms with Gasteiger partial charge < -0.3 is 19.5 Å². The van der Waals surface area contributed by atoms with Crippen molar-refractivity contribution in [3.63, 3.8) is 0 Å². The Hall–Kier alpha value is -4.71. The molecule has 5 heterocycles. The average Bonchev–Trinajstić information content (AvgIpc) is 3.63. The molecule has 3 aliphatic rings. The number of methoxy groups -OCH3 is 1. The Balaban J connectivity index is 0.865. The minimum absolute atomic E-state index is 0.179. The number of amides is 2. The molecule has 0 aliphatic carbocycles. The van der Waals surface area contributed by atoms with Crippen LogP contribution in [0.4, 0.5) is 15.8 Å². The van der Waals surface area contributed by atoms with Crippen molar-refractivity contribution in [1.29, 1.82) is 0 Å². The number of halogens is 1. The van der Waals surface area contributed by atoms with Gasteiger partial charge in [0, 0.05) is 67.2 Å². The smallest absolute Gasteiger partial charge is 0.276 e. The molecule has 1 atom stereocenters. The number of hydrogen-bond donors (Lipinski definition) is 3. The molecule has 3 saturated heterocycles. The van der Waals surface area contributed by atoms with Crippen LogP contribution in [0.25, 0.3) is 22.0 Å². The molecule has 0 bridgehead atoms. The SMILES string of the molecule is COc1cc(-c2cn(C)c(=O)c3[nH]ncc23)cc(F)c1CN1CCC(CCC2CCN(c3ccc(NC4CCC(=O)NC4=O)cc3)CC2)CC1. The van der Waals surface area contributed by atoms with Crippen LogP contribution < -0.4 is 25.8 Å². The summed E-state index contributed by atoms with van der Waals surface area (Å²) in [6.45, 7) is 4.48. The second-order valence-corrected chi connectivity index (χ2v) is 14.2. The number of hydrogen-bond acceptors (Lipinski definition) is 8. The van der Waals surface area contributed by atoms with Crippen LogP contribution in [0, 0.1) is 17.7 Å². The standard InChI is InChI=1S/C38H46FN7O4/c1-44-22-30(29-21-40-43-36(29)38(44)49)26-19-32(39)31(34(20-26)50-2)23-45-15-11-24(12-16-45)3-4-25-13-17-46(18-14-25)28-7-5-27(6-8-28)41-33-9-10-35(47)42-37(33)48/h5-8,19-22,24-25,33,41H,3-4,9-18,23H2,1-2H3,(H,40,43)(H,42,47,48). The summed E-state index contributed by atoms with van der Waals surface area (Å²) in [5.41, 5.74) is 4.24. The highest BCUT2D eigenvalue weighted by Gasteiger charge is 2.27. The molecule has 3 aliphatic heterocycles. The molecule has 1 unspecified atom stereocenters. The van der Waals surface area contributed by atoms with Gasteiger partial charge in [-0.1, -0.05) is 12.8 Å². The molecular formula is C38H46FN7O4. The lowest BCUT2D eigenvalue weighted by Crippen LogP contribution is -2.47. The van der Waals surface area contributed by atoms with Gasteiger partial charge in [-0.3, -0.25) is 29.7 Å². The quantitative estimate of drug-likeness (QED) is 0.195. The van der Waals surface area contributed by atoms with E-state index in [9.17, 15) is 14.4 Å². The first-order chi connectivity index (χ1) is 24.2. The van der Waals surface area contributed by atoms with Crippen molar-refractivity contribution >= 4 is 34.1 Å². The number of aromatic amines is 1. The molecule has 11 nitrogen and oxygen atoms in total. The van der Waals surface area contributed by atoms with E-state index in [-0.39, 0.29) is 29.2 Å². The number of H-pyrrole nitrogens is 1. The second kappa shape index (κ2) is 14.6. The van der Waals surface area contributed by atoms with Gasteiger partial charge in [0.25, 0.3) is 5.56 Å². The molecule has 7 rings (SSSR count). The van der Waals surface area contributed by atoms with Crippen molar-refractivity contribution < 1.29 is 18.7 Å². The number of pyridine rings is 1. The predicted molar refractivity (Wildman–Crippen MR) is 192 cm³/mol. The monoisotopic (exact) mass is 683 g/mol. The van der Waals surface area contributed by atoms with E-state index in [4.69, 9.17) is 4.74 Å². The fraction of sp³-hybridized carbons (Fsp3) is 0.474. The summed E-state index contributed by atoms with van der Waals surface area (Å²) in [4.78, 5) is 40.8. The molecule has 12 heteroatoms. The molecule has 0 spiro atoms. The van der Waals surface area contributed by atoms with Crippen LogP contribution in [0.1, 0.15) is 56.9 Å². The van der Waals surface area contributed by atoms with Gasteiger partial charge in [0.1, 0.15) is 23.1 Å². The predicted octanol–water partition coefficient (Wildman–Crippen LogP) is 5.20. The molecule has 50 heavy (non-hydrogen) atoms. The van der Waals surface area contributed by atoms with Crippen LogP contribution in [-0.2, 0) is 23.2 Å². The number of likely N-dealkylation sites (tertiary alicyclic amines) is 1. The number of ether oxygens (including phenoxy) is 1. The van der Waals surface area contributed by atoms with E-state index in [1.54, 1.807) is 32.6 Å².